The fourth-order valence-corrected chi connectivity index (χ4v) is 0.782. The maximum atomic E-state index is 7.33. The van der Waals surface area contributed by atoms with Crippen LogP contribution in [0.1, 0.15) is 5.56 Å². The van der Waals surface area contributed by atoms with Crippen molar-refractivity contribution in [2.75, 3.05) is 0 Å². The van der Waals surface area contributed by atoms with Gasteiger partial charge in [-0.05, 0) is 11.6 Å². The van der Waals surface area contributed by atoms with Crippen LogP contribution in [0, 0.1) is 0 Å². The smallest absolute Gasteiger partial charge is 0.0719 e. The highest BCUT2D eigenvalue weighted by Crippen LogP contribution is 2.00. The van der Waals surface area contributed by atoms with E-state index in [1.165, 1.54) is 5.54 Å². The van der Waals surface area contributed by atoms with Crippen LogP contribution in [-0.2, 0) is 0 Å². The number of rotatable bonds is 1. The molecule has 0 spiro atoms. The number of aliphatic hydroxyl groups is 1. The summed E-state index contributed by atoms with van der Waals surface area (Å²) in [6, 6.07) is 9.93. The Morgan fingerprint density at radius 1 is 1.25 bits per heavy atom. The molecule has 0 saturated carbocycles. The van der Waals surface area contributed by atoms with E-state index in [2.05, 4.69) is 6.58 Å². The van der Waals surface area contributed by atoms with Crippen LogP contribution in [-0.4, -0.2) is 5.11 Å². The standard InChI is InChI=1S/C8H7Cl.C2H4O/c9-7-6-8-4-2-1-3-5-8;1-2-3/h1-7H;2-3H,1H2. The van der Waals surface area contributed by atoms with Crippen molar-refractivity contribution >= 4 is 17.7 Å². The first-order valence-electron chi connectivity index (χ1n) is 3.42. The Labute approximate surface area is 77.6 Å². The predicted molar refractivity (Wildman–Crippen MR) is 54.2 cm³/mol. The molecule has 64 valence electrons. The average Bonchev–Trinajstić information content (AvgIpc) is 2.08. The van der Waals surface area contributed by atoms with Crippen molar-refractivity contribution in [3.8, 4) is 0 Å². The van der Waals surface area contributed by atoms with Gasteiger partial charge in [0, 0.05) is 5.54 Å². The molecule has 1 nitrogen and oxygen atoms in total. The van der Waals surface area contributed by atoms with Gasteiger partial charge in [0.05, 0.1) is 6.26 Å². The lowest BCUT2D eigenvalue weighted by molar-refractivity contribution is 0.476. The van der Waals surface area contributed by atoms with Crippen LogP contribution < -0.4 is 0 Å². The van der Waals surface area contributed by atoms with Crippen molar-refractivity contribution in [1.29, 1.82) is 0 Å². The van der Waals surface area contributed by atoms with Crippen LogP contribution >= 0.6 is 11.6 Å². The van der Waals surface area contributed by atoms with Crippen LogP contribution in [0.2, 0.25) is 0 Å². The van der Waals surface area contributed by atoms with E-state index >= 15 is 0 Å². The Morgan fingerprint density at radius 3 is 2.17 bits per heavy atom. The van der Waals surface area contributed by atoms with Crippen LogP contribution in [0.4, 0.5) is 0 Å². The molecule has 0 aliphatic carbocycles. The summed E-state index contributed by atoms with van der Waals surface area (Å²) in [6.45, 7) is 2.92. The highest BCUT2D eigenvalue weighted by molar-refractivity contribution is 6.27. The van der Waals surface area contributed by atoms with Crippen molar-refractivity contribution in [3.05, 3.63) is 54.3 Å². The number of benzene rings is 1. The lowest BCUT2D eigenvalue weighted by Crippen LogP contribution is -1.64. The van der Waals surface area contributed by atoms with Crippen LogP contribution in [0.3, 0.4) is 0 Å². The molecule has 2 heteroatoms. The minimum atomic E-state index is 0.750. The van der Waals surface area contributed by atoms with E-state index in [-0.39, 0.29) is 0 Å². The van der Waals surface area contributed by atoms with Gasteiger partial charge >= 0.3 is 0 Å². The molecule has 0 aliphatic rings. The average molecular weight is 183 g/mol. The van der Waals surface area contributed by atoms with Gasteiger partial charge in [0.15, 0.2) is 0 Å². The quantitative estimate of drug-likeness (QED) is 0.659. The molecule has 1 N–H and O–H groups in total. The second kappa shape index (κ2) is 7.89. The Balaban J connectivity index is 0.000000354. The maximum Gasteiger partial charge on any atom is 0.0719 e. The van der Waals surface area contributed by atoms with Gasteiger partial charge in [0.2, 0.25) is 0 Å². The normalized spacial score (nSPS) is 8.75. The van der Waals surface area contributed by atoms with Gasteiger partial charge in [-0.1, -0.05) is 48.5 Å². The Bertz CT molecular complexity index is 229. The van der Waals surface area contributed by atoms with Crippen LogP contribution in [0.15, 0.2) is 48.7 Å². The van der Waals surface area contributed by atoms with Gasteiger partial charge in [-0.3, -0.25) is 0 Å². The third-order valence-corrected chi connectivity index (χ3v) is 1.18. The Morgan fingerprint density at radius 2 is 1.75 bits per heavy atom. The van der Waals surface area contributed by atoms with Crippen molar-refractivity contribution in [2.45, 2.75) is 0 Å². The zero-order chi connectivity index (χ0) is 9.23. The van der Waals surface area contributed by atoms with Crippen molar-refractivity contribution < 1.29 is 5.11 Å². The highest BCUT2D eigenvalue weighted by Gasteiger charge is 1.78. The third kappa shape index (κ3) is 5.57. The maximum absolute atomic E-state index is 7.33. The van der Waals surface area contributed by atoms with E-state index in [0.29, 0.717) is 0 Å². The summed E-state index contributed by atoms with van der Waals surface area (Å²) >= 11 is 5.36. The number of hydrogen-bond acceptors (Lipinski definition) is 1. The molecule has 0 radical (unpaired) electrons. The Kier molecular flexibility index (Phi) is 7.10. The monoisotopic (exact) mass is 182 g/mol. The molecule has 1 aromatic rings. The zero-order valence-electron chi connectivity index (χ0n) is 6.65. The summed E-state index contributed by atoms with van der Waals surface area (Å²) in [5.74, 6) is 0. The fraction of sp³-hybridized carbons (Fsp3) is 0. The molecule has 0 atom stereocenters. The van der Waals surface area contributed by atoms with Crippen LogP contribution in [0.25, 0.3) is 6.08 Å². The molecule has 0 heterocycles. The summed E-state index contributed by atoms with van der Waals surface area (Å²) in [6.07, 6.45) is 2.60. The molecule has 0 aromatic heterocycles. The summed E-state index contributed by atoms with van der Waals surface area (Å²) in [5, 5.41) is 7.33. The van der Waals surface area contributed by atoms with Gasteiger partial charge in [0.1, 0.15) is 0 Å². The molecule has 12 heavy (non-hydrogen) atoms. The first kappa shape index (κ1) is 10.8. The molecular weight excluding hydrogens is 172 g/mol. The third-order valence-electron chi connectivity index (χ3n) is 1.06. The summed E-state index contributed by atoms with van der Waals surface area (Å²) < 4.78 is 0. The van der Waals surface area contributed by atoms with Crippen molar-refractivity contribution in [1.82, 2.24) is 0 Å². The molecule has 0 amide bonds. The second-order valence-electron chi connectivity index (χ2n) is 1.89. The molecule has 1 rings (SSSR count). The topological polar surface area (TPSA) is 20.2 Å². The molecule has 0 aliphatic heterocycles. The summed E-state index contributed by atoms with van der Waals surface area (Å²) in [4.78, 5) is 0. The molecule has 0 fully saturated rings. The van der Waals surface area contributed by atoms with E-state index < -0.39 is 0 Å². The van der Waals surface area contributed by atoms with Crippen LogP contribution in [0.5, 0.6) is 0 Å². The van der Waals surface area contributed by atoms with Crippen molar-refractivity contribution in [2.24, 2.45) is 0 Å². The lowest BCUT2D eigenvalue weighted by atomic mass is 10.2. The molecule has 0 bridgehead atoms. The minimum Gasteiger partial charge on any atom is -0.516 e. The largest absolute Gasteiger partial charge is 0.516 e. The highest BCUT2D eigenvalue weighted by atomic mass is 35.5. The summed E-state index contributed by atoms with van der Waals surface area (Å²) in [7, 11) is 0. The molecule has 0 unspecified atom stereocenters. The van der Waals surface area contributed by atoms with Gasteiger partial charge in [-0.15, -0.1) is 0 Å². The van der Waals surface area contributed by atoms with E-state index in [1.54, 1.807) is 0 Å². The van der Waals surface area contributed by atoms with E-state index in [9.17, 15) is 0 Å². The van der Waals surface area contributed by atoms with Gasteiger partial charge in [-0.25, -0.2) is 0 Å². The van der Waals surface area contributed by atoms with Gasteiger partial charge < -0.3 is 5.11 Å². The van der Waals surface area contributed by atoms with E-state index in [4.69, 9.17) is 16.7 Å². The first-order valence-corrected chi connectivity index (χ1v) is 3.85. The van der Waals surface area contributed by atoms with E-state index in [1.807, 2.05) is 36.4 Å². The number of halogens is 1. The fourth-order valence-electron chi connectivity index (χ4n) is 0.637. The van der Waals surface area contributed by atoms with Crippen molar-refractivity contribution in [3.63, 3.8) is 0 Å². The predicted octanol–water partition coefficient (Wildman–Crippen LogP) is 3.58. The Hall–Kier alpha value is -1.21. The minimum absolute atomic E-state index is 0.750. The van der Waals surface area contributed by atoms with Gasteiger partial charge in [-0.2, -0.15) is 0 Å². The van der Waals surface area contributed by atoms with E-state index in [0.717, 1.165) is 11.8 Å². The SMILES string of the molecule is C=CO.ClC=Cc1ccccc1. The second-order valence-corrected chi connectivity index (χ2v) is 2.14. The molecule has 1 aromatic carbocycles. The number of hydrogen-bond donors (Lipinski definition) is 1. The zero-order valence-corrected chi connectivity index (χ0v) is 7.41. The molecule has 0 saturated heterocycles. The van der Waals surface area contributed by atoms with Gasteiger partial charge in [0.25, 0.3) is 0 Å². The number of aliphatic hydroxyl groups excluding tert-OH is 1. The summed E-state index contributed by atoms with van der Waals surface area (Å²) in [5.41, 5.74) is 2.64. The molecular formula is C10H11ClO. The first-order chi connectivity index (χ1) is 5.85. The lowest BCUT2D eigenvalue weighted by Gasteiger charge is -1.86.